The summed E-state index contributed by atoms with van der Waals surface area (Å²) in [6.07, 6.45) is 1.76. The molecule has 1 spiro atoms. The number of nitrogens with one attached hydrogen (secondary N) is 2. The predicted molar refractivity (Wildman–Crippen MR) is 166 cm³/mol. The third-order valence-electron chi connectivity index (χ3n) is 9.44. The number of rotatable bonds is 8. The van der Waals surface area contributed by atoms with Crippen LogP contribution in [0.3, 0.4) is 0 Å². The van der Waals surface area contributed by atoms with Crippen molar-refractivity contribution in [2.24, 2.45) is 11.3 Å². The van der Waals surface area contributed by atoms with Crippen LogP contribution in [0.1, 0.15) is 69.0 Å². The Kier molecular flexibility index (Phi) is 8.32. The summed E-state index contributed by atoms with van der Waals surface area (Å²) in [6, 6.07) is 8.95. The third-order valence-corrected chi connectivity index (χ3v) is 10.4. The van der Waals surface area contributed by atoms with Gasteiger partial charge >= 0.3 is 0 Å². The van der Waals surface area contributed by atoms with Crippen LogP contribution in [0.2, 0.25) is 0 Å². The molecule has 3 aliphatic heterocycles. The Morgan fingerprint density at radius 3 is 2.53 bits per heavy atom. The van der Waals surface area contributed by atoms with E-state index in [2.05, 4.69) is 25.7 Å². The van der Waals surface area contributed by atoms with E-state index >= 15 is 0 Å². The second kappa shape index (κ2) is 12.0. The first-order chi connectivity index (χ1) is 20.6. The first kappa shape index (κ1) is 29.8. The molecule has 0 saturated carbocycles. The van der Waals surface area contributed by atoms with Gasteiger partial charge in [0.15, 0.2) is 11.6 Å². The van der Waals surface area contributed by atoms with Gasteiger partial charge in [0.1, 0.15) is 12.0 Å². The lowest BCUT2D eigenvalue weighted by Crippen LogP contribution is -2.60. The van der Waals surface area contributed by atoms with Gasteiger partial charge in [-0.05, 0) is 56.8 Å². The Balaban J connectivity index is 1.12. The lowest BCUT2D eigenvalue weighted by Gasteiger charge is -2.52. The van der Waals surface area contributed by atoms with E-state index in [1.807, 2.05) is 63.5 Å². The van der Waals surface area contributed by atoms with Crippen LogP contribution in [0.4, 0.5) is 5.82 Å². The second-order valence-corrected chi connectivity index (χ2v) is 13.8. The molecule has 3 aliphatic rings. The van der Waals surface area contributed by atoms with Gasteiger partial charge in [0.25, 0.3) is 0 Å². The van der Waals surface area contributed by atoms with Crippen molar-refractivity contribution in [2.75, 3.05) is 37.6 Å². The average molecular weight is 607 g/mol. The highest BCUT2D eigenvalue weighted by Crippen LogP contribution is 2.42. The summed E-state index contributed by atoms with van der Waals surface area (Å²) in [6.45, 7) is 12.0. The maximum atomic E-state index is 14.0. The molecular formula is C32H42N6O4S. The lowest BCUT2D eigenvalue weighted by molar-refractivity contribution is -0.141. The molecule has 0 bridgehead atoms. The van der Waals surface area contributed by atoms with Crippen molar-refractivity contribution in [3.8, 4) is 10.4 Å². The van der Waals surface area contributed by atoms with E-state index in [0.29, 0.717) is 11.2 Å². The van der Waals surface area contributed by atoms with Crippen LogP contribution < -0.4 is 15.5 Å². The van der Waals surface area contributed by atoms with E-state index < -0.39 is 18.1 Å². The normalized spacial score (nSPS) is 22.9. The number of carbonyl (C=O) groups excluding carboxylic acids is 2. The standard InChI is InChI=1S/C32H42N6O4S/c1-19(2)28(26-14-27(36-42-26)37-16-32(17-37)9-11-33-12-10-32)31(41)38-15-24(39)13-25(38)30(40)35-20(3)22-5-7-23(8-6-22)29-21(4)34-18-43-29/h5-8,14,18-20,24-25,28,33,39H,9-13,15-17H2,1-4H3,(H,35,40)/t20?,24-,25+,28?/m1/s1. The second-order valence-electron chi connectivity index (χ2n) is 12.9. The summed E-state index contributed by atoms with van der Waals surface area (Å²) in [5, 5.41) is 21.4. The molecule has 43 heavy (non-hydrogen) atoms. The molecule has 5 heterocycles. The number of anilines is 1. The zero-order valence-electron chi connectivity index (χ0n) is 25.4. The molecule has 11 heteroatoms. The molecule has 6 rings (SSSR count). The number of benzene rings is 1. The highest BCUT2D eigenvalue weighted by Gasteiger charge is 2.46. The van der Waals surface area contributed by atoms with E-state index in [1.54, 1.807) is 11.3 Å². The largest absolute Gasteiger partial charge is 0.391 e. The molecular weight excluding hydrogens is 564 g/mol. The van der Waals surface area contributed by atoms with Crippen molar-refractivity contribution in [2.45, 2.75) is 71.1 Å². The predicted octanol–water partition coefficient (Wildman–Crippen LogP) is 3.88. The Morgan fingerprint density at radius 2 is 1.88 bits per heavy atom. The number of aromatic nitrogens is 2. The van der Waals surface area contributed by atoms with Crippen molar-refractivity contribution in [1.82, 2.24) is 25.7 Å². The summed E-state index contributed by atoms with van der Waals surface area (Å²) in [5.41, 5.74) is 5.24. The molecule has 2 amide bonds. The van der Waals surface area contributed by atoms with Crippen molar-refractivity contribution in [3.05, 3.63) is 52.9 Å². The Labute approximate surface area is 256 Å². The molecule has 10 nitrogen and oxygen atoms in total. The van der Waals surface area contributed by atoms with Crippen LogP contribution in [-0.2, 0) is 9.59 Å². The SMILES string of the molecule is Cc1ncsc1-c1ccc(C(C)NC(=O)[C@@H]2C[C@@H](O)CN2C(=O)C(c2cc(N3CC4(CCNCC4)C3)no2)C(C)C)cc1. The van der Waals surface area contributed by atoms with E-state index in [9.17, 15) is 14.7 Å². The number of aryl methyl sites for hydroxylation is 1. The smallest absolute Gasteiger partial charge is 0.243 e. The Hall–Kier alpha value is -3.28. The molecule has 0 radical (unpaired) electrons. The van der Waals surface area contributed by atoms with Gasteiger partial charge in [0.05, 0.1) is 28.2 Å². The fraction of sp³-hybridized carbons (Fsp3) is 0.562. The van der Waals surface area contributed by atoms with E-state index in [0.717, 1.165) is 53.7 Å². The van der Waals surface area contributed by atoms with Gasteiger partial charge in [-0.3, -0.25) is 9.59 Å². The van der Waals surface area contributed by atoms with Gasteiger partial charge in [-0.25, -0.2) is 4.98 Å². The summed E-state index contributed by atoms with van der Waals surface area (Å²) in [7, 11) is 0. The molecule has 1 aromatic carbocycles. The van der Waals surface area contributed by atoms with E-state index in [-0.39, 0.29) is 36.7 Å². The van der Waals surface area contributed by atoms with E-state index in [1.165, 1.54) is 17.7 Å². The quantitative estimate of drug-likeness (QED) is 0.353. The van der Waals surface area contributed by atoms with Crippen molar-refractivity contribution in [3.63, 3.8) is 0 Å². The first-order valence-corrected chi connectivity index (χ1v) is 16.2. The molecule has 4 atom stereocenters. The summed E-state index contributed by atoms with van der Waals surface area (Å²) >= 11 is 1.60. The minimum absolute atomic E-state index is 0.0819. The number of nitrogens with zero attached hydrogens (tertiary/aromatic N) is 4. The van der Waals surface area contributed by atoms with E-state index in [4.69, 9.17) is 4.52 Å². The van der Waals surface area contributed by atoms with Crippen LogP contribution in [-0.4, -0.2) is 76.8 Å². The molecule has 0 aliphatic carbocycles. The minimum Gasteiger partial charge on any atom is -0.391 e. The summed E-state index contributed by atoms with van der Waals surface area (Å²) in [4.78, 5) is 36.8. The summed E-state index contributed by atoms with van der Waals surface area (Å²) < 4.78 is 5.77. The number of hydrogen-bond acceptors (Lipinski definition) is 9. The fourth-order valence-corrected chi connectivity index (χ4v) is 7.70. The monoisotopic (exact) mass is 606 g/mol. The van der Waals surface area contributed by atoms with Gasteiger partial charge in [0, 0.05) is 37.5 Å². The highest BCUT2D eigenvalue weighted by molar-refractivity contribution is 7.13. The molecule has 3 fully saturated rings. The molecule has 2 aromatic heterocycles. The maximum Gasteiger partial charge on any atom is 0.243 e. The molecule has 3 N–H and O–H groups in total. The highest BCUT2D eigenvalue weighted by atomic mass is 32.1. The molecule has 3 saturated heterocycles. The van der Waals surface area contributed by atoms with Crippen LogP contribution in [0.15, 0.2) is 40.4 Å². The number of piperidine rings is 1. The van der Waals surface area contributed by atoms with Crippen molar-refractivity contribution < 1.29 is 19.2 Å². The number of carbonyl (C=O) groups is 2. The zero-order valence-corrected chi connectivity index (χ0v) is 26.2. The van der Waals surface area contributed by atoms with Gasteiger partial charge in [-0.15, -0.1) is 11.3 Å². The van der Waals surface area contributed by atoms with Crippen LogP contribution in [0, 0.1) is 18.3 Å². The van der Waals surface area contributed by atoms with Gasteiger partial charge in [-0.2, -0.15) is 0 Å². The zero-order chi connectivity index (χ0) is 30.3. The molecule has 3 aromatic rings. The molecule has 2 unspecified atom stereocenters. The number of thiazole rings is 1. The maximum absolute atomic E-state index is 14.0. The number of hydrogen-bond donors (Lipinski definition) is 3. The Bertz CT molecular complexity index is 1440. The third kappa shape index (κ3) is 5.94. The van der Waals surface area contributed by atoms with Crippen molar-refractivity contribution >= 4 is 29.0 Å². The average Bonchev–Trinajstić information content (AvgIpc) is 3.72. The van der Waals surface area contributed by atoms with Crippen LogP contribution in [0.5, 0.6) is 0 Å². The number of aliphatic hydroxyl groups is 1. The number of likely N-dealkylation sites (tertiary alicyclic amines) is 1. The number of β-amino-alcohol motifs (C(OH)–C–C–N with tert-alkyl or cyclic N) is 1. The lowest BCUT2D eigenvalue weighted by atomic mass is 9.72. The van der Waals surface area contributed by atoms with Crippen molar-refractivity contribution in [1.29, 1.82) is 0 Å². The number of aliphatic hydroxyl groups excluding tert-OH is 1. The minimum atomic E-state index is -0.766. The van der Waals surface area contributed by atoms with Crippen LogP contribution in [0.25, 0.3) is 10.4 Å². The van der Waals surface area contributed by atoms with Gasteiger partial charge in [-0.1, -0.05) is 43.3 Å². The fourth-order valence-electron chi connectivity index (χ4n) is 6.89. The van der Waals surface area contributed by atoms with Crippen LogP contribution >= 0.6 is 11.3 Å². The first-order valence-electron chi connectivity index (χ1n) is 15.4. The number of amides is 2. The molecule has 230 valence electrons. The topological polar surface area (TPSA) is 124 Å². The van der Waals surface area contributed by atoms with Gasteiger partial charge < -0.3 is 30.1 Å². The summed E-state index contributed by atoms with van der Waals surface area (Å²) in [5.74, 6) is 0.0981. The van der Waals surface area contributed by atoms with Gasteiger partial charge in [0.2, 0.25) is 11.8 Å². The Morgan fingerprint density at radius 1 is 1.16 bits per heavy atom.